The Bertz CT molecular complexity index is 175. The second-order valence-corrected chi connectivity index (χ2v) is 3.22. The Morgan fingerprint density at radius 3 is 2.54 bits per heavy atom. The van der Waals surface area contributed by atoms with Gasteiger partial charge in [0.25, 0.3) is 0 Å². The molecule has 0 aliphatic carbocycles. The molecule has 0 fully saturated rings. The van der Waals surface area contributed by atoms with Crippen LogP contribution in [0.1, 0.15) is 6.42 Å². The van der Waals surface area contributed by atoms with Gasteiger partial charge in [0.05, 0.1) is 20.1 Å². The van der Waals surface area contributed by atoms with E-state index in [1.54, 1.807) is 4.72 Å². The second-order valence-electron chi connectivity index (χ2n) is 1.93. The molecule has 0 aliphatic rings. The van der Waals surface area contributed by atoms with Crippen LogP contribution in [-0.2, 0) is 20.9 Å². The quantitative estimate of drug-likeness (QED) is 0.546. The van der Waals surface area contributed by atoms with Crippen molar-refractivity contribution in [1.29, 1.82) is 0 Å². The average molecular weight is 219 g/mol. The molecule has 13 heavy (non-hydrogen) atoms. The Hall–Kier alpha value is -0.470. The van der Waals surface area contributed by atoms with Crippen LogP contribution >= 0.6 is 0 Å². The lowest BCUT2D eigenvalue weighted by Gasteiger charge is -2.11. The van der Waals surface area contributed by atoms with E-state index in [0.29, 0.717) is 0 Å². The standard InChI is InChI=1S/C5H8F3NO3S/c1-12-4(10)2-3-9-13(11)5(6,7)8/h9H,2-3H2,1H3. The number of ether oxygens (including phenoxy) is 1. The molecule has 0 amide bonds. The molecule has 1 N–H and O–H groups in total. The van der Waals surface area contributed by atoms with Gasteiger partial charge in [-0.1, -0.05) is 0 Å². The van der Waals surface area contributed by atoms with Crippen molar-refractivity contribution >= 4 is 17.3 Å². The van der Waals surface area contributed by atoms with E-state index in [0.717, 1.165) is 7.11 Å². The molecule has 1 atom stereocenters. The highest BCUT2D eigenvalue weighted by molar-refractivity contribution is 7.90. The number of halogens is 3. The first-order valence-corrected chi connectivity index (χ1v) is 4.32. The SMILES string of the molecule is COC(=O)CCN[S+]([O-])C(F)(F)F. The van der Waals surface area contributed by atoms with Crippen LogP contribution < -0.4 is 4.72 Å². The molecular weight excluding hydrogens is 211 g/mol. The third-order valence-electron chi connectivity index (χ3n) is 1.00. The molecule has 0 saturated carbocycles. The Balaban J connectivity index is 3.60. The number of rotatable bonds is 4. The average Bonchev–Trinajstić information content (AvgIpc) is 2.02. The number of nitrogens with one attached hydrogen (secondary N) is 1. The summed E-state index contributed by atoms with van der Waals surface area (Å²) in [5, 5.41) is 0. The van der Waals surface area contributed by atoms with Gasteiger partial charge < -0.3 is 9.29 Å². The number of esters is 1. The van der Waals surface area contributed by atoms with E-state index in [1.807, 2.05) is 0 Å². The third-order valence-corrected chi connectivity index (χ3v) is 1.89. The minimum absolute atomic E-state index is 0.252. The summed E-state index contributed by atoms with van der Waals surface area (Å²) in [4.78, 5) is 10.4. The predicted molar refractivity (Wildman–Crippen MR) is 38.8 cm³/mol. The van der Waals surface area contributed by atoms with Gasteiger partial charge in [0.2, 0.25) is 0 Å². The molecule has 0 saturated heterocycles. The van der Waals surface area contributed by atoms with Crippen molar-refractivity contribution in [2.75, 3.05) is 13.7 Å². The van der Waals surface area contributed by atoms with Crippen molar-refractivity contribution in [2.24, 2.45) is 0 Å². The molecule has 4 nitrogen and oxygen atoms in total. The molecular formula is C5H8F3NO3S. The van der Waals surface area contributed by atoms with Crippen LogP contribution in [0, 0.1) is 0 Å². The molecule has 0 aliphatic heterocycles. The van der Waals surface area contributed by atoms with Crippen molar-refractivity contribution < 1.29 is 27.3 Å². The molecule has 0 rings (SSSR count). The van der Waals surface area contributed by atoms with Crippen LogP contribution in [0.5, 0.6) is 0 Å². The van der Waals surface area contributed by atoms with E-state index in [4.69, 9.17) is 0 Å². The van der Waals surface area contributed by atoms with Gasteiger partial charge in [0.1, 0.15) is 0 Å². The van der Waals surface area contributed by atoms with Gasteiger partial charge in [-0.25, -0.2) is 0 Å². The predicted octanol–water partition coefficient (Wildman–Crippen LogP) is 0.323. The van der Waals surface area contributed by atoms with E-state index in [-0.39, 0.29) is 13.0 Å². The molecule has 8 heteroatoms. The zero-order valence-electron chi connectivity index (χ0n) is 6.68. The van der Waals surface area contributed by atoms with E-state index >= 15 is 0 Å². The van der Waals surface area contributed by atoms with Gasteiger partial charge in [0.15, 0.2) is 11.4 Å². The summed E-state index contributed by atoms with van der Waals surface area (Å²) >= 11 is -3.11. The normalized spacial score (nSPS) is 13.9. The van der Waals surface area contributed by atoms with Crippen molar-refractivity contribution in [2.45, 2.75) is 11.9 Å². The fourth-order valence-corrected chi connectivity index (χ4v) is 0.881. The van der Waals surface area contributed by atoms with E-state index < -0.39 is 22.8 Å². The number of carbonyl (C=O) groups excluding carboxylic acids is 1. The number of alkyl halides is 3. The fourth-order valence-electron chi connectivity index (χ4n) is 0.430. The van der Waals surface area contributed by atoms with Gasteiger partial charge in [-0.2, -0.15) is 0 Å². The zero-order valence-corrected chi connectivity index (χ0v) is 7.50. The van der Waals surface area contributed by atoms with Crippen molar-refractivity contribution in [3.05, 3.63) is 0 Å². The molecule has 0 spiro atoms. The van der Waals surface area contributed by atoms with Crippen molar-refractivity contribution in [3.8, 4) is 0 Å². The number of methoxy groups -OCH3 is 1. The van der Waals surface area contributed by atoms with Crippen LogP contribution in [0.4, 0.5) is 13.2 Å². The van der Waals surface area contributed by atoms with Crippen LogP contribution in [0.15, 0.2) is 0 Å². The monoisotopic (exact) mass is 219 g/mol. The van der Waals surface area contributed by atoms with Crippen LogP contribution in [-0.4, -0.2) is 29.7 Å². The number of hydrogen-bond donors (Lipinski definition) is 1. The van der Waals surface area contributed by atoms with Gasteiger partial charge in [-0.3, -0.25) is 4.79 Å². The summed E-state index contributed by atoms with van der Waals surface area (Å²) in [6.07, 6.45) is -0.252. The zero-order chi connectivity index (χ0) is 10.5. The Labute approximate surface area is 75.8 Å². The summed E-state index contributed by atoms with van der Waals surface area (Å²) < 4.78 is 50.8. The number of hydrogen-bond acceptors (Lipinski definition) is 4. The molecule has 0 radical (unpaired) electrons. The summed E-state index contributed by atoms with van der Waals surface area (Å²) in [5.41, 5.74) is -4.80. The first kappa shape index (κ1) is 12.5. The molecule has 0 bridgehead atoms. The van der Waals surface area contributed by atoms with Gasteiger partial charge in [-0.15, -0.1) is 17.9 Å². The maximum Gasteiger partial charge on any atom is 0.592 e. The highest BCUT2D eigenvalue weighted by Gasteiger charge is 2.45. The van der Waals surface area contributed by atoms with Crippen LogP contribution in [0.3, 0.4) is 0 Å². The maximum atomic E-state index is 11.6. The highest BCUT2D eigenvalue weighted by Crippen LogP contribution is 2.21. The Morgan fingerprint density at radius 2 is 2.15 bits per heavy atom. The Morgan fingerprint density at radius 1 is 1.62 bits per heavy atom. The largest absolute Gasteiger partial charge is 0.592 e. The summed E-state index contributed by atoms with van der Waals surface area (Å²) in [7, 11) is 1.11. The van der Waals surface area contributed by atoms with Crippen molar-refractivity contribution in [3.63, 3.8) is 0 Å². The van der Waals surface area contributed by atoms with Gasteiger partial charge in [0, 0.05) is 0 Å². The summed E-state index contributed by atoms with van der Waals surface area (Å²) in [6, 6.07) is 0. The first-order valence-electron chi connectivity index (χ1n) is 3.17. The fraction of sp³-hybridized carbons (Fsp3) is 0.800. The lowest BCUT2D eigenvalue weighted by Crippen LogP contribution is -2.37. The Kier molecular flexibility index (Phi) is 5.11. The summed E-state index contributed by atoms with van der Waals surface area (Å²) in [5.74, 6) is -0.660. The topological polar surface area (TPSA) is 61.4 Å². The molecule has 0 aromatic carbocycles. The second kappa shape index (κ2) is 5.30. The molecule has 78 valence electrons. The lowest BCUT2D eigenvalue weighted by atomic mass is 10.4. The van der Waals surface area contributed by atoms with Gasteiger partial charge >= 0.3 is 11.5 Å². The van der Waals surface area contributed by atoms with E-state index in [9.17, 15) is 22.5 Å². The smallest absolute Gasteiger partial charge is 0.591 e. The molecule has 1 unspecified atom stereocenters. The van der Waals surface area contributed by atoms with Crippen LogP contribution in [0.25, 0.3) is 0 Å². The molecule has 0 heterocycles. The number of carbonyl (C=O) groups is 1. The van der Waals surface area contributed by atoms with E-state index in [1.165, 1.54) is 0 Å². The van der Waals surface area contributed by atoms with Gasteiger partial charge in [-0.05, 0) is 0 Å². The van der Waals surface area contributed by atoms with Crippen molar-refractivity contribution in [1.82, 2.24) is 4.72 Å². The van der Waals surface area contributed by atoms with E-state index in [2.05, 4.69) is 4.74 Å². The van der Waals surface area contributed by atoms with Crippen LogP contribution in [0.2, 0.25) is 0 Å². The minimum Gasteiger partial charge on any atom is -0.591 e. The first-order chi connectivity index (χ1) is 5.88. The lowest BCUT2D eigenvalue weighted by molar-refractivity contribution is -0.140. The maximum absolute atomic E-state index is 11.6. The summed E-state index contributed by atoms with van der Waals surface area (Å²) in [6.45, 7) is -0.335. The third kappa shape index (κ3) is 5.72. The highest BCUT2D eigenvalue weighted by atomic mass is 32.2. The molecule has 0 aromatic rings. The minimum atomic E-state index is -4.80. The molecule has 0 aromatic heterocycles.